The first-order valence-corrected chi connectivity index (χ1v) is 7.32. The maximum atomic E-state index is 11.6. The summed E-state index contributed by atoms with van der Waals surface area (Å²) in [6.07, 6.45) is 0. The molecule has 2 rings (SSSR count). The van der Waals surface area contributed by atoms with Crippen molar-refractivity contribution in [2.24, 2.45) is 0 Å². The number of piperazine rings is 1. The molecule has 0 saturated carbocycles. The highest BCUT2D eigenvalue weighted by Gasteiger charge is 2.26. The SMILES string of the molecule is COC(=O)c1oc([C@@H](C)N2CCN(CCO)CC2)cc1C. The summed E-state index contributed by atoms with van der Waals surface area (Å²) in [6.45, 7) is 8.60. The maximum Gasteiger partial charge on any atom is 0.374 e. The Morgan fingerprint density at radius 2 is 2.10 bits per heavy atom. The zero-order chi connectivity index (χ0) is 15.4. The van der Waals surface area contributed by atoms with E-state index in [0.717, 1.165) is 44.0 Å². The number of rotatable bonds is 5. The van der Waals surface area contributed by atoms with Crippen molar-refractivity contribution in [2.45, 2.75) is 19.9 Å². The fourth-order valence-electron chi connectivity index (χ4n) is 2.70. The Bertz CT molecular complexity index is 478. The largest absolute Gasteiger partial charge is 0.463 e. The molecule has 1 fully saturated rings. The molecule has 1 atom stereocenters. The summed E-state index contributed by atoms with van der Waals surface area (Å²) in [6, 6.07) is 2.04. The van der Waals surface area contributed by atoms with Gasteiger partial charge in [0.2, 0.25) is 5.76 Å². The third-order valence-corrected chi connectivity index (χ3v) is 4.09. The first-order chi connectivity index (χ1) is 10.1. The predicted octanol–water partition coefficient (Wildman–Crippen LogP) is 1.05. The lowest BCUT2D eigenvalue weighted by molar-refractivity contribution is 0.0549. The minimum absolute atomic E-state index is 0.124. The van der Waals surface area contributed by atoms with Crippen molar-refractivity contribution in [3.05, 3.63) is 23.2 Å². The highest BCUT2D eigenvalue weighted by Crippen LogP contribution is 2.26. The topological polar surface area (TPSA) is 66.2 Å². The van der Waals surface area contributed by atoms with Crippen molar-refractivity contribution in [1.82, 2.24) is 9.80 Å². The minimum Gasteiger partial charge on any atom is -0.463 e. The molecule has 1 saturated heterocycles. The molecule has 1 N–H and O–H groups in total. The van der Waals surface area contributed by atoms with Crippen molar-refractivity contribution >= 4 is 5.97 Å². The van der Waals surface area contributed by atoms with E-state index in [1.165, 1.54) is 7.11 Å². The Morgan fingerprint density at radius 3 is 2.67 bits per heavy atom. The average molecular weight is 296 g/mol. The molecule has 2 heterocycles. The highest BCUT2D eigenvalue weighted by atomic mass is 16.5. The lowest BCUT2D eigenvalue weighted by Gasteiger charge is -2.37. The molecule has 1 aromatic rings. The molecule has 0 spiro atoms. The van der Waals surface area contributed by atoms with Gasteiger partial charge in [-0.2, -0.15) is 0 Å². The number of furan rings is 1. The van der Waals surface area contributed by atoms with Gasteiger partial charge in [-0.25, -0.2) is 4.79 Å². The summed E-state index contributed by atoms with van der Waals surface area (Å²) in [5.74, 6) is 0.653. The van der Waals surface area contributed by atoms with E-state index < -0.39 is 5.97 Å². The van der Waals surface area contributed by atoms with Crippen LogP contribution in [0, 0.1) is 6.92 Å². The number of β-amino-alcohol motifs (C(OH)–C–C–N with tert-alkyl or cyclic N) is 1. The van der Waals surface area contributed by atoms with E-state index in [9.17, 15) is 4.79 Å². The number of hydrogen-bond donors (Lipinski definition) is 1. The summed E-state index contributed by atoms with van der Waals surface area (Å²) >= 11 is 0. The average Bonchev–Trinajstić information content (AvgIpc) is 2.89. The highest BCUT2D eigenvalue weighted by molar-refractivity contribution is 5.87. The van der Waals surface area contributed by atoms with Gasteiger partial charge in [-0.15, -0.1) is 0 Å². The molecule has 6 nitrogen and oxygen atoms in total. The number of carbonyl (C=O) groups excluding carboxylic acids is 1. The van der Waals surface area contributed by atoms with Crippen molar-refractivity contribution in [1.29, 1.82) is 0 Å². The zero-order valence-electron chi connectivity index (χ0n) is 13.0. The lowest BCUT2D eigenvalue weighted by atomic mass is 10.1. The van der Waals surface area contributed by atoms with Crippen LogP contribution in [0.2, 0.25) is 0 Å². The van der Waals surface area contributed by atoms with E-state index >= 15 is 0 Å². The smallest absolute Gasteiger partial charge is 0.374 e. The summed E-state index contributed by atoms with van der Waals surface area (Å²) < 4.78 is 10.4. The number of ether oxygens (including phenoxy) is 1. The van der Waals surface area contributed by atoms with Crippen LogP contribution in [0.15, 0.2) is 10.5 Å². The molecule has 1 aromatic heterocycles. The molecule has 6 heteroatoms. The molecule has 0 aromatic carbocycles. The van der Waals surface area contributed by atoms with E-state index in [4.69, 9.17) is 14.3 Å². The van der Waals surface area contributed by atoms with Gasteiger partial charge in [0, 0.05) is 38.3 Å². The zero-order valence-corrected chi connectivity index (χ0v) is 13.0. The molecule has 1 aliphatic rings. The second kappa shape index (κ2) is 7.06. The summed E-state index contributed by atoms with van der Waals surface area (Å²) in [7, 11) is 1.35. The molecule has 0 radical (unpaired) electrons. The normalized spacial score (nSPS) is 18.7. The molecule has 0 amide bonds. The van der Waals surface area contributed by atoms with Gasteiger partial charge in [0.1, 0.15) is 5.76 Å². The Balaban J connectivity index is 2.01. The van der Waals surface area contributed by atoms with Crippen LogP contribution in [-0.2, 0) is 4.74 Å². The first kappa shape index (κ1) is 16.0. The molecular weight excluding hydrogens is 272 g/mol. The Morgan fingerprint density at radius 1 is 1.43 bits per heavy atom. The van der Waals surface area contributed by atoms with Gasteiger partial charge in [0.15, 0.2) is 0 Å². The second-order valence-corrected chi connectivity index (χ2v) is 5.43. The van der Waals surface area contributed by atoms with Gasteiger partial charge in [-0.1, -0.05) is 0 Å². The van der Waals surface area contributed by atoms with E-state index in [2.05, 4.69) is 16.7 Å². The van der Waals surface area contributed by atoms with Crippen LogP contribution in [0.3, 0.4) is 0 Å². The van der Waals surface area contributed by atoms with Gasteiger partial charge in [-0.05, 0) is 19.9 Å². The molecule has 1 aliphatic heterocycles. The molecular formula is C15H24N2O4. The number of aryl methyl sites for hydroxylation is 1. The van der Waals surface area contributed by atoms with Crippen LogP contribution in [-0.4, -0.2) is 67.3 Å². The standard InChI is InChI=1S/C15H24N2O4/c1-11-10-13(21-14(11)15(19)20-3)12(2)17-6-4-16(5-7-17)8-9-18/h10,12,18H,4-9H2,1-3H3/t12-/m1/s1. The second-order valence-electron chi connectivity index (χ2n) is 5.43. The number of methoxy groups -OCH3 is 1. The van der Waals surface area contributed by atoms with Crippen LogP contribution < -0.4 is 0 Å². The quantitative estimate of drug-likeness (QED) is 0.819. The number of hydrogen-bond acceptors (Lipinski definition) is 6. The molecule has 0 unspecified atom stereocenters. The number of carbonyl (C=O) groups is 1. The first-order valence-electron chi connectivity index (χ1n) is 7.32. The Kier molecular flexibility index (Phi) is 5.39. The van der Waals surface area contributed by atoms with Crippen LogP contribution in [0.1, 0.15) is 34.8 Å². The van der Waals surface area contributed by atoms with Crippen molar-refractivity contribution in [2.75, 3.05) is 46.4 Å². The van der Waals surface area contributed by atoms with Crippen molar-refractivity contribution in [3.63, 3.8) is 0 Å². The Labute approximate surface area is 125 Å². The van der Waals surface area contributed by atoms with Crippen LogP contribution in [0.25, 0.3) is 0 Å². The van der Waals surface area contributed by atoms with Crippen molar-refractivity contribution < 1.29 is 19.1 Å². The lowest BCUT2D eigenvalue weighted by Crippen LogP contribution is -2.47. The van der Waals surface area contributed by atoms with E-state index in [1.807, 2.05) is 13.0 Å². The van der Waals surface area contributed by atoms with E-state index in [1.54, 1.807) is 0 Å². The minimum atomic E-state index is -0.432. The molecule has 21 heavy (non-hydrogen) atoms. The Hall–Kier alpha value is -1.37. The molecule has 118 valence electrons. The summed E-state index contributed by atoms with van der Waals surface area (Å²) in [5.41, 5.74) is 0.808. The van der Waals surface area contributed by atoms with Crippen LogP contribution in [0.4, 0.5) is 0 Å². The van der Waals surface area contributed by atoms with Crippen LogP contribution in [0.5, 0.6) is 0 Å². The van der Waals surface area contributed by atoms with Gasteiger partial charge in [-0.3, -0.25) is 9.80 Å². The fourth-order valence-corrected chi connectivity index (χ4v) is 2.70. The monoisotopic (exact) mass is 296 g/mol. The van der Waals surface area contributed by atoms with E-state index in [0.29, 0.717) is 5.76 Å². The van der Waals surface area contributed by atoms with Gasteiger partial charge in [0.05, 0.1) is 19.8 Å². The van der Waals surface area contributed by atoms with Crippen molar-refractivity contribution in [3.8, 4) is 0 Å². The summed E-state index contributed by atoms with van der Waals surface area (Å²) in [5, 5.41) is 8.97. The number of nitrogens with zero attached hydrogens (tertiary/aromatic N) is 2. The third kappa shape index (κ3) is 3.64. The van der Waals surface area contributed by atoms with Gasteiger partial charge < -0.3 is 14.3 Å². The van der Waals surface area contributed by atoms with Gasteiger partial charge >= 0.3 is 5.97 Å². The number of esters is 1. The fraction of sp³-hybridized carbons (Fsp3) is 0.667. The predicted molar refractivity (Wildman–Crippen MR) is 78.3 cm³/mol. The third-order valence-electron chi connectivity index (χ3n) is 4.09. The maximum absolute atomic E-state index is 11.6. The number of aliphatic hydroxyl groups excluding tert-OH is 1. The molecule has 0 bridgehead atoms. The van der Waals surface area contributed by atoms with Crippen LogP contribution >= 0.6 is 0 Å². The van der Waals surface area contributed by atoms with E-state index in [-0.39, 0.29) is 12.6 Å². The number of aliphatic hydroxyl groups is 1. The van der Waals surface area contributed by atoms with Gasteiger partial charge in [0.25, 0.3) is 0 Å². The molecule has 0 aliphatic carbocycles. The summed E-state index contributed by atoms with van der Waals surface area (Å²) in [4.78, 5) is 16.2.